The van der Waals surface area contributed by atoms with Crippen LogP contribution in [0.2, 0.25) is 0 Å². The van der Waals surface area contributed by atoms with Crippen LogP contribution < -0.4 is 5.32 Å². The van der Waals surface area contributed by atoms with Crippen molar-refractivity contribution in [2.75, 3.05) is 13.1 Å². The zero-order chi connectivity index (χ0) is 14.9. The van der Waals surface area contributed by atoms with E-state index >= 15 is 0 Å². The summed E-state index contributed by atoms with van der Waals surface area (Å²) in [7, 11) is 9.90. The van der Waals surface area contributed by atoms with Crippen molar-refractivity contribution in [3.8, 4) is 0 Å². The molecule has 7 heteroatoms. The molecule has 4 nitrogen and oxygen atoms in total. The molecule has 1 fully saturated rings. The van der Waals surface area contributed by atoms with Crippen molar-refractivity contribution < 1.29 is 15.1 Å². The Kier molecular flexibility index (Phi) is 7.66. The molecule has 0 radical (unpaired) electrons. The summed E-state index contributed by atoms with van der Waals surface area (Å²) in [6.07, 6.45) is 13.3. The van der Waals surface area contributed by atoms with Crippen LogP contribution in [0.25, 0.3) is 16.7 Å². The second kappa shape index (κ2) is 9.52. The van der Waals surface area contributed by atoms with E-state index in [0.717, 1.165) is 18.9 Å². The fourth-order valence-electron chi connectivity index (χ4n) is 2.47. The molecular formula is C14H18Cl2N4Zn-2. The number of halogens is 2. The average Bonchev–Trinajstić information content (AvgIpc) is 3.17. The van der Waals surface area contributed by atoms with E-state index in [9.17, 15) is 0 Å². The van der Waals surface area contributed by atoms with Crippen LogP contribution in [0.5, 0.6) is 0 Å². The van der Waals surface area contributed by atoms with Gasteiger partial charge in [0.25, 0.3) is 0 Å². The number of nitrogens with one attached hydrogen (secondary N) is 2. The number of aromatic amines is 1. The monoisotopic (exact) mass is 376 g/mol. The molecule has 2 unspecified atom stereocenters. The van der Waals surface area contributed by atoms with E-state index in [1.165, 1.54) is 18.4 Å². The van der Waals surface area contributed by atoms with Gasteiger partial charge in [0.15, 0.2) is 0 Å². The van der Waals surface area contributed by atoms with Crippen molar-refractivity contribution in [2.45, 2.75) is 19.0 Å². The predicted octanol–water partition coefficient (Wildman–Crippen LogP) is 4.64. The molecule has 21 heavy (non-hydrogen) atoms. The second-order valence-corrected chi connectivity index (χ2v) is 9.43. The van der Waals surface area contributed by atoms with Gasteiger partial charge in [-0.05, 0) is 30.6 Å². The average molecular weight is 379 g/mol. The molecule has 1 saturated heterocycles. The predicted molar refractivity (Wildman–Crippen MR) is 86.4 cm³/mol. The maximum atomic E-state index is 4.95. The van der Waals surface area contributed by atoms with Crippen LogP contribution in [-0.4, -0.2) is 24.2 Å². The number of piperidine rings is 1. The van der Waals surface area contributed by atoms with Gasteiger partial charge < -0.3 is 20.9 Å². The first-order valence-electron chi connectivity index (χ1n) is 7.08. The van der Waals surface area contributed by atoms with Crippen LogP contribution in [0.15, 0.2) is 30.6 Å². The van der Waals surface area contributed by atoms with Crippen LogP contribution in [0.3, 0.4) is 0 Å². The summed E-state index contributed by atoms with van der Waals surface area (Å²) in [6.45, 7) is 1.86. The molecule has 3 aliphatic heterocycles. The molecule has 112 valence electrons. The minimum absolute atomic E-state index is 0.429. The fraction of sp³-hybridized carbons (Fsp3) is 0.429. The maximum absolute atomic E-state index is 4.95. The summed E-state index contributed by atoms with van der Waals surface area (Å²) in [5, 5.41) is 11.8. The molecular weight excluding hydrogens is 360 g/mol. The van der Waals surface area contributed by atoms with Gasteiger partial charge in [0, 0.05) is 0 Å². The Bertz CT molecular complexity index is 475. The normalized spacial score (nSPS) is 23.9. The number of hydrogen-bond acceptors (Lipinski definition) is 1. The molecule has 0 spiro atoms. The Hall–Kier alpha value is -0.477. The SMILES string of the molecule is C1=CC2CCC[N-]C2N1.C1=Cc2cc[nH]c2[N-]C1.[Cl][Zn][Cl]. The molecule has 4 rings (SSSR count). The van der Waals surface area contributed by atoms with E-state index in [-0.39, 0.29) is 0 Å². The van der Waals surface area contributed by atoms with Gasteiger partial charge in [0.1, 0.15) is 0 Å². The van der Waals surface area contributed by atoms with E-state index in [1.807, 2.05) is 18.5 Å². The summed E-state index contributed by atoms with van der Waals surface area (Å²) in [4.78, 5) is 3.04. The first-order valence-corrected chi connectivity index (χ1v) is 14.9. The number of nitrogens with zero attached hydrogens (tertiary/aromatic N) is 2. The van der Waals surface area contributed by atoms with E-state index in [1.54, 1.807) is 0 Å². The van der Waals surface area contributed by atoms with Gasteiger partial charge >= 0.3 is 34.5 Å². The standard InChI is InChI=1S/C7H11N2.C7H7N2.2ClH.Zn/c2*1-2-6-3-5-9-7(6)8-4-1;;;/h3,5-7,9H,1-2,4H2;1-3,5,9H,4H2;2*1H;/q2*-1;;;+2/p-2. The summed E-state index contributed by atoms with van der Waals surface area (Å²) >= 11 is -0.931. The van der Waals surface area contributed by atoms with E-state index in [2.05, 4.69) is 39.2 Å². The summed E-state index contributed by atoms with van der Waals surface area (Å²) < 4.78 is 0. The Morgan fingerprint density at radius 1 is 1.33 bits per heavy atom. The number of H-pyrrole nitrogens is 1. The third kappa shape index (κ3) is 5.33. The third-order valence-corrected chi connectivity index (χ3v) is 3.45. The van der Waals surface area contributed by atoms with E-state index < -0.39 is 15.1 Å². The van der Waals surface area contributed by atoms with Crippen LogP contribution in [-0.2, 0) is 15.1 Å². The topological polar surface area (TPSA) is 56.0 Å². The van der Waals surface area contributed by atoms with Crippen molar-refractivity contribution >= 4 is 31.3 Å². The molecule has 0 aromatic carbocycles. The zero-order valence-corrected chi connectivity index (χ0v) is 16.3. The molecule has 0 bridgehead atoms. The van der Waals surface area contributed by atoms with Crippen molar-refractivity contribution in [1.29, 1.82) is 0 Å². The van der Waals surface area contributed by atoms with E-state index in [4.69, 9.17) is 19.4 Å². The molecule has 0 aliphatic carbocycles. The first-order chi connectivity index (χ1) is 10.3. The quantitative estimate of drug-likeness (QED) is 0.635. The van der Waals surface area contributed by atoms with Gasteiger partial charge in [-0.25, -0.2) is 0 Å². The van der Waals surface area contributed by atoms with E-state index in [0.29, 0.717) is 12.1 Å². The molecule has 0 saturated carbocycles. The van der Waals surface area contributed by atoms with Gasteiger partial charge in [-0.1, -0.05) is 48.9 Å². The van der Waals surface area contributed by atoms with Gasteiger partial charge in [-0.15, -0.1) is 6.54 Å². The van der Waals surface area contributed by atoms with Crippen LogP contribution in [0.4, 0.5) is 5.82 Å². The molecule has 1 aromatic heterocycles. The number of rotatable bonds is 0. The van der Waals surface area contributed by atoms with Crippen molar-refractivity contribution in [3.05, 3.63) is 46.8 Å². The van der Waals surface area contributed by atoms with Gasteiger partial charge in [0.05, 0.1) is 0 Å². The third-order valence-electron chi connectivity index (χ3n) is 3.45. The molecule has 1 aromatic rings. The fourth-order valence-corrected chi connectivity index (χ4v) is 2.47. The second-order valence-electron chi connectivity index (χ2n) is 4.81. The van der Waals surface area contributed by atoms with Crippen LogP contribution in [0.1, 0.15) is 18.4 Å². The van der Waals surface area contributed by atoms with Gasteiger partial charge in [0.2, 0.25) is 0 Å². The Balaban J connectivity index is 0.000000130. The molecule has 2 N–H and O–H groups in total. The first kappa shape index (κ1) is 16.9. The van der Waals surface area contributed by atoms with Crippen molar-refractivity contribution in [2.24, 2.45) is 5.92 Å². The zero-order valence-electron chi connectivity index (χ0n) is 11.8. The Labute approximate surface area is 141 Å². The Morgan fingerprint density at radius 2 is 2.19 bits per heavy atom. The molecule has 4 heterocycles. The van der Waals surface area contributed by atoms with Gasteiger partial charge in [-0.3, -0.25) is 0 Å². The number of hydrogen-bond donors (Lipinski definition) is 2. The van der Waals surface area contributed by atoms with Gasteiger partial charge in [-0.2, -0.15) is 0 Å². The van der Waals surface area contributed by atoms with Crippen molar-refractivity contribution in [1.82, 2.24) is 10.3 Å². The van der Waals surface area contributed by atoms with Crippen LogP contribution in [0, 0.1) is 5.92 Å². The van der Waals surface area contributed by atoms with Crippen LogP contribution >= 0.6 is 19.4 Å². The number of fused-ring (bicyclic) bond motifs is 2. The Morgan fingerprint density at radius 3 is 2.95 bits per heavy atom. The molecule has 0 amide bonds. The summed E-state index contributed by atoms with van der Waals surface area (Å²) in [5.74, 6) is 1.72. The minimum atomic E-state index is -0.931. The summed E-state index contributed by atoms with van der Waals surface area (Å²) in [6, 6.07) is 2.02. The summed E-state index contributed by atoms with van der Waals surface area (Å²) in [5.41, 5.74) is 1.20. The molecule has 3 aliphatic rings. The van der Waals surface area contributed by atoms with Crippen molar-refractivity contribution in [3.63, 3.8) is 0 Å². The number of aromatic nitrogens is 1. The molecule has 2 atom stereocenters.